The fourth-order valence-electron chi connectivity index (χ4n) is 6.25. The zero-order chi connectivity index (χ0) is 41.4. The van der Waals surface area contributed by atoms with E-state index in [1.807, 2.05) is 78.9 Å². The molecular weight excluding hydrogens is 581 g/mol. The average molecular weight is 622 g/mol. The van der Waals surface area contributed by atoms with Crippen molar-refractivity contribution in [2.45, 2.75) is 0 Å². The highest BCUT2D eigenvalue weighted by Crippen LogP contribution is 2.40. The Morgan fingerprint density at radius 3 is 1.75 bits per heavy atom. The molecule has 8 aromatic carbocycles. The van der Waals surface area contributed by atoms with Crippen LogP contribution in [0.1, 0.15) is 15.1 Å². The Hall–Kier alpha value is -6.38. The van der Waals surface area contributed by atoms with Gasteiger partial charge in [0, 0.05) is 16.7 Å². The quantitative estimate of drug-likeness (QED) is 0.191. The number of fused-ring (bicyclic) bond motifs is 3. The third-order valence-corrected chi connectivity index (χ3v) is 8.52. The third kappa shape index (κ3) is 4.92. The van der Waals surface area contributed by atoms with Gasteiger partial charge in [-0.05, 0) is 66.7 Å². The summed E-state index contributed by atoms with van der Waals surface area (Å²) in [6.45, 7) is 0. The van der Waals surface area contributed by atoms with Crippen molar-refractivity contribution < 1.29 is 15.1 Å². The van der Waals surface area contributed by atoms with Gasteiger partial charge in [0.2, 0.25) is 0 Å². The highest BCUT2D eigenvalue weighted by atomic mass is 14.9. The van der Waals surface area contributed by atoms with Crippen LogP contribution in [0.5, 0.6) is 0 Å². The third-order valence-electron chi connectivity index (χ3n) is 8.52. The van der Waals surface area contributed by atoms with Crippen LogP contribution in [-0.4, -0.2) is 9.97 Å². The van der Waals surface area contributed by atoms with Crippen LogP contribution in [0.2, 0.25) is 0 Å². The maximum Gasteiger partial charge on any atom is 0.160 e. The Balaban J connectivity index is 1.37. The normalized spacial score (nSPS) is 14.5. The summed E-state index contributed by atoms with van der Waals surface area (Å²) in [5.74, 6) is 0.260. The lowest BCUT2D eigenvalue weighted by molar-refractivity contribution is 1.19. The average Bonchev–Trinajstić information content (AvgIpc) is 3.27. The summed E-state index contributed by atoms with van der Waals surface area (Å²) >= 11 is 0. The van der Waals surface area contributed by atoms with Gasteiger partial charge < -0.3 is 0 Å². The molecule has 2 nitrogen and oxygen atoms in total. The summed E-state index contributed by atoms with van der Waals surface area (Å²) in [6, 6.07) is 30.4. The SMILES string of the molecule is [2H]c1c([2H])c([2H])c(-c2c([2H])c([2H])c(-c3cc(-c4ccc(-c5ccc6ccccc6c5)c5ccccc45)nc(-c4ccccc4)n3)c3c([2H])c([2H])c([2H])c([2H])c23)c([2H])c1[2H]. The molecule has 2 heteroatoms. The molecular formula is C46H30N2. The first-order chi connectivity index (χ1) is 28.4. The fourth-order valence-corrected chi connectivity index (χ4v) is 6.25. The molecule has 0 aliphatic heterocycles. The van der Waals surface area contributed by atoms with Gasteiger partial charge in [0.05, 0.1) is 26.5 Å². The van der Waals surface area contributed by atoms with E-state index in [0.717, 1.165) is 38.2 Å². The molecule has 0 unspecified atom stereocenters. The van der Waals surface area contributed by atoms with Crippen LogP contribution in [0, 0.1) is 0 Å². The van der Waals surface area contributed by atoms with E-state index in [4.69, 9.17) is 20.9 Å². The minimum absolute atomic E-state index is 0.0916. The number of benzene rings is 8. The number of hydrogen-bond donors (Lipinski definition) is 0. The van der Waals surface area contributed by atoms with Gasteiger partial charge in [-0.1, -0.05) is 170 Å². The van der Waals surface area contributed by atoms with Crippen molar-refractivity contribution >= 4 is 32.3 Å². The van der Waals surface area contributed by atoms with Crippen LogP contribution in [0.25, 0.3) is 88.5 Å². The van der Waals surface area contributed by atoms with Crippen LogP contribution in [0.4, 0.5) is 0 Å². The van der Waals surface area contributed by atoms with E-state index < -0.39 is 72.0 Å². The molecule has 0 atom stereocenters. The molecule has 0 amide bonds. The molecule has 1 aromatic heterocycles. The molecule has 9 rings (SSSR count). The number of hydrogen-bond acceptors (Lipinski definition) is 2. The Labute approximate surface area is 295 Å². The van der Waals surface area contributed by atoms with E-state index >= 15 is 0 Å². The van der Waals surface area contributed by atoms with Gasteiger partial charge in [-0.15, -0.1) is 0 Å². The standard InChI is InChI=1S/C46H30N2/c1-3-14-32(15-4-1)36-25-27-42(40-21-11-9-19-38(36)40)44-30-45(48-46(47-44)33-16-5-2-6-17-33)43-28-26-37(39-20-10-12-22-41(39)43)35-24-23-31-13-7-8-18-34(31)29-35/h1-30H/i1D,3D,4D,9D,11D,14D,15D,19D,21D,25D,27D. The lowest BCUT2D eigenvalue weighted by Crippen LogP contribution is -1.97. The van der Waals surface area contributed by atoms with Gasteiger partial charge in [0.15, 0.2) is 5.82 Å². The largest absolute Gasteiger partial charge is 0.228 e. The second-order valence-electron chi connectivity index (χ2n) is 11.3. The highest BCUT2D eigenvalue weighted by Gasteiger charge is 2.17. The molecule has 0 bridgehead atoms. The molecule has 0 saturated carbocycles. The van der Waals surface area contributed by atoms with Crippen LogP contribution >= 0.6 is 0 Å². The van der Waals surface area contributed by atoms with Gasteiger partial charge in [-0.2, -0.15) is 0 Å². The summed E-state index contributed by atoms with van der Waals surface area (Å²) in [5.41, 5.74) is 3.03. The summed E-state index contributed by atoms with van der Waals surface area (Å²) in [4.78, 5) is 9.93. The Morgan fingerprint density at radius 1 is 0.354 bits per heavy atom. The highest BCUT2D eigenvalue weighted by molar-refractivity contribution is 6.07. The second kappa shape index (κ2) is 11.8. The first-order valence-corrected chi connectivity index (χ1v) is 15.4. The van der Waals surface area contributed by atoms with Crippen molar-refractivity contribution in [1.29, 1.82) is 0 Å². The summed E-state index contributed by atoms with van der Waals surface area (Å²) in [7, 11) is 0. The van der Waals surface area contributed by atoms with Crippen LogP contribution in [0.3, 0.4) is 0 Å². The van der Waals surface area contributed by atoms with E-state index in [0.29, 0.717) is 11.3 Å². The molecule has 0 fully saturated rings. The molecule has 0 aliphatic rings. The maximum atomic E-state index is 9.50. The van der Waals surface area contributed by atoms with Crippen LogP contribution in [0.15, 0.2) is 182 Å². The topological polar surface area (TPSA) is 25.8 Å². The molecule has 48 heavy (non-hydrogen) atoms. The van der Waals surface area contributed by atoms with Gasteiger partial charge in [0.25, 0.3) is 0 Å². The lowest BCUT2D eigenvalue weighted by atomic mass is 9.91. The first kappa shape index (κ1) is 18.7. The summed E-state index contributed by atoms with van der Waals surface area (Å²) in [6.07, 6.45) is 0. The van der Waals surface area contributed by atoms with Crippen molar-refractivity contribution in [2.24, 2.45) is 0 Å². The van der Waals surface area contributed by atoms with Gasteiger partial charge >= 0.3 is 0 Å². The van der Waals surface area contributed by atoms with E-state index in [9.17, 15) is 4.11 Å². The number of rotatable bonds is 5. The smallest absolute Gasteiger partial charge is 0.160 e. The fraction of sp³-hybridized carbons (Fsp3) is 0. The minimum atomic E-state index is -0.684. The molecule has 0 aliphatic carbocycles. The van der Waals surface area contributed by atoms with E-state index in [1.54, 1.807) is 6.07 Å². The molecule has 0 N–H and O–H groups in total. The van der Waals surface area contributed by atoms with Crippen molar-refractivity contribution in [3.05, 3.63) is 182 Å². The second-order valence-corrected chi connectivity index (χ2v) is 11.3. The molecule has 1 heterocycles. The van der Waals surface area contributed by atoms with E-state index in [2.05, 4.69) is 30.3 Å². The Kier molecular flexibility index (Phi) is 4.58. The molecule has 0 saturated heterocycles. The van der Waals surface area contributed by atoms with Gasteiger partial charge in [0.1, 0.15) is 0 Å². The maximum absolute atomic E-state index is 9.50. The predicted octanol–water partition coefficient (Wildman–Crippen LogP) is 12.3. The molecule has 224 valence electrons. The van der Waals surface area contributed by atoms with Crippen LogP contribution in [-0.2, 0) is 0 Å². The monoisotopic (exact) mass is 621 g/mol. The first-order valence-electron chi connectivity index (χ1n) is 20.9. The zero-order valence-corrected chi connectivity index (χ0v) is 25.4. The van der Waals surface area contributed by atoms with Crippen LogP contribution < -0.4 is 0 Å². The molecule has 9 aromatic rings. The lowest BCUT2D eigenvalue weighted by Gasteiger charge is -2.15. The van der Waals surface area contributed by atoms with Crippen molar-refractivity contribution in [2.75, 3.05) is 0 Å². The number of nitrogens with zero attached hydrogens (tertiary/aromatic N) is 2. The zero-order valence-electron chi connectivity index (χ0n) is 36.4. The summed E-state index contributed by atoms with van der Waals surface area (Å²) in [5, 5.41) is 3.61. The van der Waals surface area contributed by atoms with Crippen molar-refractivity contribution in [1.82, 2.24) is 9.97 Å². The Morgan fingerprint density at radius 2 is 0.958 bits per heavy atom. The van der Waals surface area contributed by atoms with Crippen molar-refractivity contribution in [3.8, 4) is 56.2 Å². The number of aromatic nitrogens is 2. The van der Waals surface area contributed by atoms with E-state index in [1.165, 1.54) is 0 Å². The molecule has 0 spiro atoms. The van der Waals surface area contributed by atoms with Gasteiger partial charge in [-0.3, -0.25) is 0 Å². The van der Waals surface area contributed by atoms with Crippen molar-refractivity contribution in [3.63, 3.8) is 0 Å². The minimum Gasteiger partial charge on any atom is -0.228 e. The van der Waals surface area contributed by atoms with Gasteiger partial charge in [-0.25, -0.2) is 9.97 Å². The van der Waals surface area contributed by atoms with E-state index in [-0.39, 0.29) is 33.4 Å². The molecule has 0 radical (unpaired) electrons. The Bertz CT molecular complexity index is 3210. The predicted molar refractivity (Wildman–Crippen MR) is 202 cm³/mol. The summed E-state index contributed by atoms with van der Waals surface area (Å²) < 4.78 is 96.8.